The van der Waals surface area contributed by atoms with Crippen molar-refractivity contribution in [3.8, 4) is 22.3 Å². The first kappa shape index (κ1) is 14.6. The van der Waals surface area contributed by atoms with Gasteiger partial charge in [0.15, 0.2) is 0 Å². The predicted octanol–water partition coefficient (Wildman–Crippen LogP) is 3.35. The average molecular weight is 317 g/mol. The molecular weight excluding hydrogens is 302 g/mol. The summed E-state index contributed by atoms with van der Waals surface area (Å²) in [5.74, 6) is 2.03. The zero-order valence-corrected chi connectivity index (χ0v) is 12.6. The van der Waals surface area contributed by atoms with Gasteiger partial charge in [0.05, 0.1) is 11.5 Å². The van der Waals surface area contributed by atoms with Crippen molar-refractivity contribution in [1.82, 2.24) is 4.98 Å². The van der Waals surface area contributed by atoms with E-state index < -0.39 is 0 Å². The molecule has 0 saturated carbocycles. The quantitative estimate of drug-likeness (QED) is 0.724. The number of nitrogens with zero attached hydrogens (tertiary/aromatic N) is 1. The van der Waals surface area contributed by atoms with Crippen LogP contribution in [-0.4, -0.2) is 23.3 Å². The Morgan fingerprint density at radius 2 is 1.86 bits per heavy atom. The van der Waals surface area contributed by atoms with Crippen LogP contribution in [0.15, 0.2) is 52.5 Å². The Labute approximate surface area is 131 Å². The Hall–Kier alpha value is -2.31. The minimum atomic E-state index is -0.00299. The number of oxazole rings is 1. The Balaban J connectivity index is 1.56. The van der Waals surface area contributed by atoms with Gasteiger partial charge in [-0.05, 0) is 35.7 Å². The molecule has 0 amide bonds. The van der Waals surface area contributed by atoms with Crippen LogP contribution in [0.3, 0.4) is 0 Å². The molecule has 3 aromatic rings. The summed E-state index contributed by atoms with van der Waals surface area (Å²) >= 11 is 1.58. The van der Waals surface area contributed by atoms with Gasteiger partial charge in [-0.1, -0.05) is 6.07 Å². The summed E-state index contributed by atoms with van der Waals surface area (Å²) in [7, 11) is 0. The van der Waals surface area contributed by atoms with Crippen LogP contribution in [0, 0.1) is 0 Å². The molecule has 0 aliphatic rings. The fourth-order valence-electron chi connectivity index (χ4n) is 1.84. The summed E-state index contributed by atoms with van der Waals surface area (Å²) in [6, 6.07) is 11.1. The third-order valence-electron chi connectivity index (χ3n) is 2.85. The Morgan fingerprint density at radius 3 is 2.55 bits per heavy atom. The molecule has 1 aromatic carbocycles. The van der Waals surface area contributed by atoms with E-state index in [9.17, 15) is 0 Å². The van der Waals surface area contributed by atoms with Crippen LogP contribution in [0.2, 0.25) is 0 Å². The van der Waals surface area contributed by atoms with E-state index in [0.717, 1.165) is 16.3 Å². The highest BCUT2D eigenvalue weighted by Gasteiger charge is 2.08. The zero-order chi connectivity index (χ0) is 15.2. The minimum Gasteiger partial charge on any atom is -0.491 e. The van der Waals surface area contributed by atoms with Crippen molar-refractivity contribution in [3.63, 3.8) is 0 Å². The van der Waals surface area contributed by atoms with Gasteiger partial charge in [-0.3, -0.25) is 0 Å². The largest absolute Gasteiger partial charge is 0.491 e. The molecule has 0 aliphatic carbocycles. The van der Waals surface area contributed by atoms with Gasteiger partial charge >= 0.3 is 0 Å². The second-order valence-corrected chi connectivity index (χ2v) is 5.40. The molecule has 0 fully saturated rings. The molecule has 2 aromatic heterocycles. The lowest BCUT2D eigenvalue weighted by Crippen LogP contribution is -2.01. The maximum absolute atomic E-state index is 8.70. The lowest BCUT2D eigenvalue weighted by molar-refractivity contribution is 0.201. The third kappa shape index (κ3) is 3.66. The lowest BCUT2D eigenvalue weighted by Gasteiger charge is -2.06. The van der Waals surface area contributed by atoms with Crippen molar-refractivity contribution < 1.29 is 19.0 Å². The second kappa shape index (κ2) is 7.11. The molecule has 1 N–H and O–H groups in total. The molecule has 3 rings (SSSR count). The standard InChI is InChI=1S/C16H15NO4S/c18-7-8-19-13-3-5-14(6-4-13)20-10-12-11-21-16(17-12)15-2-1-9-22-15/h1-6,9,11,18H,7-8,10H2. The van der Waals surface area contributed by atoms with Crippen molar-refractivity contribution in [2.24, 2.45) is 0 Å². The number of hydrogen-bond donors (Lipinski definition) is 1. The number of rotatable bonds is 7. The van der Waals surface area contributed by atoms with Gasteiger partial charge in [0.2, 0.25) is 5.89 Å². The maximum atomic E-state index is 8.70. The van der Waals surface area contributed by atoms with Crippen LogP contribution >= 0.6 is 11.3 Å². The first-order valence-electron chi connectivity index (χ1n) is 6.80. The number of aliphatic hydroxyl groups excluding tert-OH is 1. The highest BCUT2D eigenvalue weighted by atomic mass is 32.1. The van der Waals surface area contributed by atoms with Crippen molar-refractivity contribution >= 4 is 11.3 Å². The molecule has 0 atom stereocenters. The van der Waals surface area contributed by atoms with Crippen molar-refractivity contribution in [2.75, 3.05) is 13.2 Å². The van der Waals surface area contributed by atoms with E-state index in [-0.39, 0.29) is 13.2 Å². The summed E-state index contributed by atoms with van der Waals surface area (Å²) < 4.78 is 16.4. The molecule has 0 saturated heterocycles. The molecule has 2 heterocycles. The number of benzene rings is 1. The summed E-state index contributed by atoms with van der Waals surface area (Å²) in [5, 5.41) is 10.7. The van der Waals surface area contributed by atoms with Crippen LogP contribution in [0.25, 0.3) is 10.8 Å². The van der Waals surface area contributed by atoms with Gasteiger partial charge in [0, 0.05) is 0 Å². The maximum Gasteiger partial charge on any atom is 0.236 e. The van der Waals surface area contributed by atoms with Crippen LogP contribution in [0.1, 0.15) is 5.69 Å². The zero-order valence-electron chi connectivity index (χ0n) is 11.8. The molecule has 114 valence electrons. The summed E-state index contributed by atoms with van der Waals surface area (Å²) in [4.78, 5) is 5.39. The van der Waals surface area contributed by atoms with E-state index in [1.807, 2.05) is 29.6 Å². The smallest absolute Gasteiger partial charge is 0.236 e. The molecular formula is C16H15NO4S. The molecule has 6 heteroatoms. The number of hydrogen-bond acceptors (Lipinski definition) is 6. The molecule has 0 unspecified atom stereocenters. The SMILES string of the molecule is OCCOc1ccc(OCc2coc(-c3cccs3)n2)cc1. The topological polar surface area (TPSA) is 64.7 Å². The third-order valence-corrected chi connectivity index (χ3v) is 3.71. The molecule has 5 nitrogen and oxygen atoms in total. The highest BCUT2D eigenvalue weighted by Crippen LogP contribution is 2.24. The molecule has 0 aliphatic heterocycles. The molecule has 0 radical (unpaired) electrons. The van der Waals surface area contributed by atoms with Gasteiger partial charge in [-0.25, -0.2) is 4.98 Å². The van der Waals surface area contributed by atoms with E-state index >= 15 is 0 Å². The van der Waals surface area contributed by atoms with Crippen molar-refractivity contribution in [2.45, 2.75) is 6.61 Å². The fourth-order valence-corrected chi connectivity index (χ4v) is 2.50. The van der Waals surface area contributed by atoms with Gasteiger partial charge in [-0.2, -0.15) is 0 Å². The van der Waals surface area contributed by atoms with Crippen molar-refractivity contribution in [1.29, 1.82) is 0 Å². The Kier molecular flexibility index (Phi) is 4.72. The molecule has 22 heavy (non-hydrogen) atoms. The second-order valence-electron chi connectivity index (χ2n) is 4.45. The van der Waals surface area contributed by atoms with Gasteiger partial charge in [0.1, 0.15) is 36.7 Å². The summed E-state index contributed by atoms with van der Waals surface area (Å²) in [6.07, 6.45) is 1.60. The van der Waals surface area contributed by atoms with Crippen LogP contribution in [0.4, 0.5) is 0 Å². The van der Waals surface area contributed by atoms with Gasteiger partial charge in [0.25, 0.3) is 0 Å². The highest BCUT2D eigenvalue weighted by molar-refractivity contribution is 7.13. The molecule has 0 bridgehead atoms. The number of ether oxygens (including phenoxy) is 2. The fraction of sp³-hybridized carbons (Fsp3) is 0.188. The van der Waals surface area contributed by atoms with E-state index in [1.54, 1.807) is 29.7 Å². The number of aromatic nitrogens is 1. The monoisotopic (exact) mass is 317 g/mol. The Morgan fingerprint density at radius 1 is 1.09 bits per heavy atom. The van der Waals surface area contributed by atoms with Crippen LogP contribution in [-0.2, 0) is 6.61 Å². The Bertz CT molecular complexity index is 691. The van der Waals surface area contributed by atoms with E-state index in [4.69, 9.17) is 19.0 Å². The van der Waals surface area contributed by atoms with Crippen molar-refractivity contribution in [3.05, 3.63) is 53.7 Å². The number of aliphatic hydroxyl groups is 1. The summed E-state index contributed by atoms with van der Waals surface area (Å²) in [6.45, 7) is 0.618. The first-order valence-corrected chi connectivity index (χ1v) is 7.68. The van der Waals surface area contributed by atoms with E-state index in [2.05, 4.69) is 4.98 Å². The molecule has 0 spiro atoms. The van der Waals surface area contributed by atoms with Crippen LogP contribution in [0.5, 0.6) is 11.5 Å². The first-order chi connectivity index (χ1) is 10.8. The van der Waals surface area contributed by atoms with Crippen LogP contribution < -0.4 is 9.47 Å². The average Bonchev–Trinajstić information content (AvgIpc) is 3.23. The normalized spacial score (nSPS) is 10.6. The predicted molar refractivity (Wildman–Crippen MR) is 83.2 cm³/mol. The minimum absolute atomic E-state index is 0.00299. The van der Waals surface area contributed by atoms with Gasteiger partial charge < -0.3 is 19.0 Å². The lowest BCUT2D eigenvalue weighted by atomic mass is 10.3. The summed E-state index contributed by atoms with van der Waals surface area (Å²) in [5.41, 5.74) is 0.740. The number of thiophene rings is 1. The van der Waals surface area contributed by atoms with Gasteiger partial charge in [-0.15, -0.1) is 11.3 Å². The van der Waals surface area contributed by atoms with E-state index in [1.165, 1.54) is 0 Å². The van der Waals surface area contributed by atoms with E-state index in [0.29, 0.717) is 18.2 Å².